The maximum atomic E-state index is 12.2. The van der Waals surface area contributed by atoms with E-state index in [2.05, 4.69) is 20.4 Å². The Hall–Kier alpha value is -2.63. The molecule has 0 fully saturated rings. The quantitative estimate of drug-likeness (QED) is 0.766. The second kappa shape index (κ2) is 5.40. The zero-order valence-electron chi connectivity index (χ0n) is 12.1. The molecule has 108 valence electrons. The molecular weight excluding hydrogens is 266 g/mol. The summed E-state index contributed by atoms with van der Waals surface area (Å²) in [4.78, 5) is 19.8. The number of hydrogen-bond acceptors (Lipinski definition) is 3. The summed E-state index contributed by atoms with van der Waals surface area (Å²) in [6.45, 7) is 2.37. The lowest BCUT2D eigenvalue weighted by atomic mass is 10.3. The maximum Gasteiger partial charge on any atom is 0.269 e. The molecule has 21 heavy (non-hydrogen) atoms. The number of nitrogens with one attached hydrogen (secondary N) is 2. The smallest absolute Gasteiger partial charge is 0.269 e. The Kier molecular flexibility index (Phi) is 3.43. The van der Waals surface area contributed by atoms with Crippen LogP contribution >= 0.6 is 0 Å². The lowest BCUT2D eigenvalue weighted by Gasteiger charge is -2.02. The number of H-pyrrole nitrogens is 1. The van der Waals surface area contributed by atoms with Gasteiger partial charge in [0.25, 0.3) is 5.91 Å². The third-order valence-electron chi connectivity index (χ3n) is 3.38. The average Bonchev–Trinajstić information content (AvgIpc) is 3.07. The van der Waals surface area contributed by atoms with E-state index in [1.54, 1.807) is 11.7 Å². The van der Waals surface area contributed by atoms with E-state index in [0.717, 1.165) is 29.0 Å². The Balaban J connectivity index is 1.71. The third kappa shape index (κ3) is 2.65. The second-order valence-corrected chi connectivity index (χ2v) is 4.88. The summed E-state index contributed by atoms with van der Waals surface area (Å²) in [6.07, 6.45) is 0.810. The fourth-order valence-electron chi connectivity index (χ4n) is 2.26. The van der Waals surface area contributed by atoms with E-state index < -0.39 is 0 Å². The van der Waals surface area contributed by atoms with E-state index in [1.165, 1.54) is 0 Å². The van der Waals surface area contributed by atoms with Gasteiger partial charge in [0.15, 0.2) is 0 Å². The van der Waals surface area contributed by atoms with E-state index in [0.29, 0.717) is 12.2 Å². The maximum absolute atomic E-state index is 12.2. The standard InChI is InChI=1S/C15H17N5O/c1-3-10-8-13(20(2)19-10)15(21)16-9-14-17-11-6-4-5-7-12(11)18-14/h4-8H,3,9H2,1-2H3,(H,16,21)(H,17,18). The zero-order chi connectivity index (χ0) is 14.8. The molecule has 2 N–H and O–H groups in total. The van der Waals surface area contributed by atoms with Crippen molar-refractivity contribution in [3.63, 3.8) is 0 Å². The average molecular weight is 283 g/mol. The van der Waals surface area contributed by atoms with E-state index in [4.69, 9.17) is 0 Å². The van der Waals surface area contributed by atoms with E-state index in [1.807, 2.05) is 37.3 Å². The molecule has 0 radical (unpaired) electrons. The van der Waals surface area contributed by atoms with Crippen molar-refractivity contribution in [2.45, 2.75) is 19.9 Å². The summed E-state index contributed by atoms with van der Waals surface area (Å²) < 4.78 is 1.60. The first-order valence-corrected chi connectivity index (χ1v) is 6.92. The highest BCUT2D eigenvalue weighted by molar-refractivity contribution is 5.92. The monoisotopic (exact) mass is 283 g/mol. The number of imidazole rings is 1. The summed E-state index contributed by atoms with van der Waals surface area (Å²) in [6, 6.07) is 9.60. The Labute approximate surface area is 122 Å². The summed E-state index contributed by atoms with van der Waals surface area (Å²) in [5.41, 5.74) is 3.33. The highest BCUT2D eigenvalue weighted by atomic mass is 16.2. The molecule has 0 atom stereocenters. The van der Waals surface area contributed by atoms with Gasteiger partial charge in [-0.25, -0.2) is 4.98 Å². The van der Waals surface area contributed by atoms with Crippen molar-refractivity contribution in [3.05, 3.63) is 47.5 Å². The van der Waals surface area contributed by atoms with Gasteiger partial charge in [-0.2, -0.15) is 5.10 Å². The Bertz CT molecular complexity index is 753. The van der Waals surface area contributed by atoms with Crippen LogP contribution in [0.2, 0.25) is 0 Å². The molecule has 0 saturated heterocycles. The summed E-state index contributed by atoms with van der Waals surface area (Å²) in [5.74, 6) is 0.590. The van der Waals surface area contributed by atoms with Crippen molar-refractivity contribution in [2.75, 3.05) is 0 Å². The molecule has 2 aromatic heterocycles. The minimum atomic E-state index is -0.148. The van der Waals surface area contributed by atoms with Crippen molar-refractivity contribution in [2.24, 2.45) is 7.05 Å². The Morgan fingerprint density at radius 3 is 2.90 bits per heavy atom. The van der Waals surface area contributed by atoms with Gasteiger partial charge in [0.1, 0.15) is 11.5 Å². The minimum absolute atomic E-state index is 0.148. The van der Waals surface area contributed by atoms with Crippen LogP contribution in [-0.4, -0.2) is 25.7 Å². The van der Waals surface area contributed by atoms with Crippen LogP contribution in [0.5, 0.6) is 0 Å². The number of aryl methyl sites for hydroxylation is 2. The fourth-order valence-corrected chi connectivity index (χ4v) is 2.26. The number of carbonyl (C=O) groups excluding carboxylic acids is 1. The predicted molar refractivity (Wildman–Crippen MR) is 79.8 cm³/mol. The largest absolute Gasteiger partial charge is 0.343 e. The highest BCUT2D eigenvalue weighted by Crippen LogP contribution is 2.10. The van der Waals surface area contributed by atoms with Crippen LogP contribution in [0.1, 0.15) is 28.9 Å². The lowest BCUT2D eigenvalue weighted by Crippen LogP contribution is -2.25. The molecule has 6 heteroatoms. The molecule has 1 amide bonds. The number of hydrogen-bond donors (Lipinski definition) is 2. The number of fused-ring (bicyclic) bond motifs is 1. The van der Waals surface area contributed by atoms with Crippen molar-refractivity contribution in [3.8, 4) is 0 Å². The van der Waals surface area contributed by atoms with Crippen LogP contribution in [0, 0.1) is 0 Å². The van der Waals surface area contributed by atoms with Crippen LogP contribution in [0.25, 0.3) is 11.0 Å². The van der Waals surface area contributed by atoms with Crippen molar-refractivity contribution >= 4 is 16.9 Å². The first-order valence-electron chi connectivity index (χ1n) is 6.92. The van der Waals surface area contributed by atoms with Gasteiger partial charge in [-0.3, -0.25) is 9.48 Å². The molecule has 0 saturated carbocycles. The number of aromatic amines is 1. The number of nitrogens with zero attached hydrogens (tertiary/aromatic N) is 3. The van der Waals surface area contributed by atoms with Crippen LogP contribution < -0.4 is 5.32 Å². The van der Waals surface area contributed by atoms with Gasteiger partial charge in [-0.15, -0.1) is 0 Å². The van der Waals surface area contributed by atoms with Gasteiger partial charge in [0, 0.05) is 7.05 Å². The minimum Gasteiger partial charge on any atom is -0.343 e. The molecule has 2 heterocycles. The summed E-state index contributed by atoms with van der Waals surface area (Å²) in [5, 5.41) is 7.13. The lowest BCUT2D eigenvalue weighted by molar-refractivity contribution is 0.0940. The second-order valence-electron chi connectivity index (χ2n) is 4.88. The van der Waals surface area contributed by atoms with Gasteiger partial charge in [0.05, 0.1) is 23.3 Å². The van der Waals surface area contributed by atoms with Gasteiger partial charge >= 0.3 is 0 Å². The van der Waals surface area contributed by atoms with Crippen LogP contribution in [0.4, 0.5) is 0 Å². The molecule has 1 aromatic carbocycles. The predicted octanol–water partition coefficient (Wildman–Crippen LogP) is 1.79. The highest BCUT2D eigenvalue weighted by Gasteiger charge is 2.13. The zero-order valence-corrected chi connectivity index (χ0v) is 12.1. The molecule has 3 aromatic rings. The number of para-hydroxylation sites is 2. The number of aromatic nitrogens is 4. The molecule has 0 aliphatic rings. The molecule has 0 unspecified atom stereocenters. The van der Waals surface area contributed by atoms with Gasteiger partial charge < -0.3 is 10.3 Å². The molecule has 3 rings (SSSR count). The Morgan fingerprint density at radius 2 is 2.19 bits per heavy atom. The molecule has 0 aliphatic heterocycles. The van der Waals surface area contributed by atoms with Crippen LogP contribution in [0.3, 0.4) is 0 Å². The van der Waals surface area contributed by atoms with Gasteiger partial charge in [-0.1, -0.05) is 19.1 Å². The molecule has 0 aliphatic carbocycles. The van der Waals surface area contributed by atoms with Crippen LogP contribution in [-0.2, 0) is 20.0 Å². The SMILES string of the molecule is CCc1cc(C(=O)NCc2nc3ccccc3[nH]2)n(C)n1. The van der Waals surface area contributed by atoms with E-state index in [9.17, 15) is 4.79 Å². The number of carbonyl (C=O) groups is 1. The summed E-state index contributed by atoms with van der Waals surface area (Å²) in [7, 11) is 1.77. The third-order valence-corrected chi connectivity index (χ3v) is 3.38. The van der Waals surface area contributed by atoms with Gasteiger partial charge in [0.2, 0.25) is 0 Å². The van der Waals surface area contributed by atoms with E-state index >= 15 is 0 Å². The van der Waals surface area contributed by atoms with Crippen molar-refractivity contribution < 1.29 is 4.79 Å². The first-order chi connectivity index (χ1) is 10.2. The topological polar surface area (TPSA) is 75.6 Å². The van der Waals surface area contributed by atoms with Crippen molar-refractivity contribution in [1.82, 2.24) is 25.1 Å². The van der Waals surface area contributed by atoms with Crippen LogP contribution in [0.15, 0.2) is 30.3 Å². The first kappa shape index (κ1) is 13.4. The molecule has 6 nitrogen and oxygen atoms in total. The normalized spacial score (nSPS) is 11.0. The number of amides is 1. The summed E-state index contributed by atoms with van der Waals surface area (Å²) >= 11 is 0. The Morgan fingerprint density at radius 1 is 1.38 bits per heavy atom. The fraction of sp³-hybridized carbons (Fsp3) is 0.267. The number of benzene rings is 1. The molecule has 0 spiro atoms. The molecular formula is C15H17N5O. The van der Waals surface area contributed by atoms with E-state index in [-0.39, 0.29) is 5.91 Å². The number of rotatable bonds is 4. The molecule has 0 bridgehead atoms. The van der Waals surface area contributed by atoms with Crippen molar-refractivity contribution in [1.29, 1.82) is 0 Å². The van der Waals surface area contributed by atoms with Gasteiger partial charge in [-0.05, 0) is 24.6 Å².